The molecule has 1 atom stereocenters. The minimum absolute atomic E-state index is 0.129. The first-order valence-corrected chi connectivity index (χ1v) is 4.76. The summed E-state index contributed by atoms with van der Waals surface area (Å²) < 4.78 is 0. The van der Waals surface area contributed by atoms with Crippen molar-refractivity contribution in [3.63, 3.8) is 0 Å². The molecule has 0 aromatic heterocycles. The number of carbonyl (C=O) groups is 2. The van der Waals surface area contributed by atoms with E-state index in [9.17, 15) is 9.59 Å². The van der Waals surface area contributed by atoms with E-state index in [-0.39, 0.29) is 11.8 Å². The normalized spacial score (nSPS) is 12.7. The van der Waals surface area contributed by atoms with Crippen LogP contribution in [0.1, 0.15) is 26.7 Å². The largest absolute Gasteiger partial charge is 0.478 e. The molecule has 0 aliphatic rings. The molecule has 1 amide bonds. The fourth-order valence-corrected chi connectivity index (χ4v) is 0.863. The average molecular weight is 199 g/mol. The Morgan fingerprint density at radius 2 is 2.14 bits per heavy atom. The van der Waals surface area contributed by atoms with Gasteiger partial charge in [0.2, 0.25) is 5.91 Å². The lowest BCUT2D eigenvalue weighted by Gasteiger charge is -2.06. The lowest BCUT2D eigenvalue weighted by molar-refractivity contribution is -0.131. The first-order valence-electron chi connectivity index (χ1n) is 4.76. The number of aliphatic carboxylic acids is 1. The first-order chi connectivity index (χ1) is 6.57. The minimum Gasteiger partial charge on any atom is -0.478 e. The smallest absolute Gasteiger partial charge is 0.328 e. The molecule has 0 rings (SSSR count). The van der Waals surface area contributed by atoms with Gasteiger partial charge in [-0.15, -0.1) is 0 Å². The quantitative estimate of drug-likeness (QED) is 0.498. The van der Waals surface area contributed by atoms with E-state index >= 15 is 0 Å². The number of rotatable bonds is 6. The van der Waals surface area contributed by atoms with Crippen LogP contribution in [-0.2, 0) is 9.59 Å². The molecule has 0 spiro atoms. The standard InChI is InChI=1S/C10H17NO3/c1-3-4-7-11-10(14)8(2)5-6-9(12)13/h5-6,8H,3-4,7H2,1-2H3,(H,11,14)(H,12,13). The monoisotopic (exact) mass is 199 g/mol. The lowest BCUT2D eigenvalue weighted by Crippen LogP contribution is -2.29. The highest BCUT2D eigenvalue weighted by Crippen LogP contribution is 1.97. The van der Waals surface area contributed by atoms with Gasteiger partial charge >= 0.3 is 5.97 Å². The van der Waals surface area contributed by atoms with Crippen molar-refractivity contribution in [2.24, 2.45) is 5.92 Å². The third kappa shape index (κ3) is 6.22. The van der Waals surface area contributed by atoms with Gasteiger partial charge in [-0.05, 0) is 6.42 Å². The molecule has 0 bridgehead atoms. The van der Waals surface area contributed by atoms with E-state index < -0.39 is 5.97 Å². The van der Waals surface area contributed by atoms with Crippen LogP contribution in [0, 0.1) is 5.92 Å². The molecule has 80 valence electrons. The van der Waals surface area contributed by atoms with E-state index in [0.29, 0.717) is 6.54 Å². The number of unbranched alkanes of at least 4 members (excludes halogenated alkanes) is 1. The molecule has 0 radical (unpaired) electrons. The predicted molar refractivity (Wildman–Crippen MR) is 53.9 cm³/mol. The number of nitrogens with one attached hydrogen (secondary N) is 1. The van der Waals surface area contributed by atoms with Crippen molar-refractivity contribution in [3.8, 4) is 0 Å². The fraction of sp³-hybridized carbons (Fsp3) is 0.600. The molecular weight excluding hydrogens is 182 g/mol. The van der Waals surface area contributed by atoms with Gasteiger partial charge in [0.15, 0.2) is 0 Å². The van der Waals surface area contributed by atoms with Crippen LogP contribution in [0.15, 0.2) is 12.2 Å². The van der Waals surface area contributed by atoms with Crippen molar-refractivity contribution in [2.45, 2.75) is 26.7 Å². The van der Waals surface area contributed by atoms with E-state index in [2.05, 4.69) is 5.32 Å². The Balaban J connectivity index is 3.81. The summed E-state index contributed by atoms with van der Waals surface area (Å²) in [4.78, 5) is 21.4. The Labute approximate surface area is 84.0 Å². The highest BCUT2D eigenvalue weighted by Gasteiger charge is 2.08. The van der Waals surface area contributed by atoms with Crippen LogP contribution >= 0.6 is 0 Å². The molecular formula is C10H17NO3. The second-order valence-electron chi connectivity index (χ2n) is 3.13. The van der Waals surface area contributed by atoms with Gasteiger partial charge in [-0.2, -0.15) is 0 Å². The summed E-state index contributed by atoms with van der Waals surface area (Å²) in [7, 11) is 0. The maximum atomic E-state index is 11.3. The number of carboxylic acids is 1. The number of carboxylic acid groups (broad SMARTS) is 1. The fourth-order valence-electron chi connectivity index (χ4n) is 0.863. The van der Waals surface area contributed by atoms with Crippen molar-refractivity contribution in [3.05, 3.63) is 12.2 Å². The molecule has 2 N–H and O–H groups in total. The maximum Gasteiger partial charge on any atom is 0.328 e. The average Bonchev–Trinajstić information content (AvgIpc) is 2.14. The second-order valence-corrected chi connectivity index (χ2v) is 3.13. The van der Waals surface area contributed by atoms with Crippen molar-refractivity contribution in [1.29, 1.82) is 0 Å². The molecule has 0 aromatic carbocycles. The molecule has 0 fully saturated rings. The highest BCUT2D eigenvalue weighted by molar-refractivity contribution is 5.84. The predicted octanol–water partition coefficient (Wildman–Crippen LogP) is 1.18. The summed E-state index contributed by atoms with van der Waals surface area (Å²) in [6.07, 6.45) is 4.34. The van der Waals surface area contributed by atoms with Gasteiger partial charge in [0.05, 0.1) is 5.92 Å². The van der Waals surface area contributed by atoms with Crippen LogP contribution < -0.4 is 5.32 Å². The Morgan fingerprint density at radius 3 is 2.64 bits per heavy atom. The van der Waals surface area contributed by atoms with Gasteiger partial charge < -0.3 is 10.4 Å². The van der Waals surface area contributed by atoms with E-state index in [4.69, 9.17) is 5.11 Å². The van der Waals surface area contributed by atoms with Crippen LogP contribution in [0.5, 0.6) is 0 Å². The zero-order chi connectivity index (χ0) is 11.0. The Kier molecular flexibility index (Phi) is 6.45. The van der Waals surface area contributed by atoms with E-state index in [1.165, 1.54) is 6.08 Å². The molecule has 4 heteroatoms. The third-order valence-corrected chi connectivity index (χ3v) is 1.77. The van der Waals surface area contributed by atoms with Gasteiger partial charge in [0.25, 0.3) is 0 Å². The number of hydrogen-bond donors (Lipinski definition) is 2. The van der Waals surface area contributed by atoms with Crippen molar-refractivity contribution in [1.82, 2.24) is 5.32 Å². The maximum absolute atomic E-state index is 11.3. The molecule has 0 saturated heterocycles. The van der Waals surface area contributed by atoms with Crippen LogP contribution in [0.4, 0.5) is 0 Å². The van der Waals surface area contributed by atoms with E-state index in [1.54, 1.807) is 6.92 Å². The van der Waals surface area contributed by atoms with Crippen molar-refractivity contribution < 1.29 is 14.7 Å². The topological polar surface area (TPSA) is 66.4 Å². The molecule has 0 aromatic rings. The van der Waals surface area contributed by atoms with E-state index in [1.807, 2.05) is 6.92 Å². The highest BCUT2D eigenvalue weighted by atomic mass is 16.4. The zero-order valence-corrected chi connectivity index (χ0v) is 8.62. The summed E-state index contributed by atoms with van der Waals surface area (Å²) in [5, 5.41) is 11.1. The summed E-state index contributed by atoms with van der Waals surface area (Å²) in [5.41, 5.74) is 0. The van der Waals surface area contributed by atoms with Crippen LogP contribution in [-0.4, -0.2) is 23.5 Å². The lowest BCUT2D eigenvalue weighted by atomic mass is 10.1. The molecule has 0 aliphatic carbocycles. The second kappa shape index (κ2) is 7.12. The van der Waals surface area contributed by atoms with Gasteiger partial charge in [0, 0.05) is 12.6 Å². The Bertz CT molecular complexity index is 223. The van der Waals surface area contributed by atoms with E-state index in [0.717, 1.165) is 18.9 Å². The summed E-state index contributed by atoms with van der Waals surface area (Å²) >= 11 is 0. The van der Waals surface area contributed by atoms with Crippen LogP contribution in [0.25, 0.3) is 0 Å². The van der Waals surface area contributed by atoms with Gasteiger partial charge in [-0.1, -0.05) is 26.3 Å². The summed E-state index contributed by atoms with van der Waals surface area (Å²) in [6, 6.07) is 0. The molecule has 1 unspecified atom stereocenters. The van der Waals surface area contributed by atoms with Gasteiger partial charge in [-0.3, -0.25) is 4.79 Å². The Hall–Kier alpha value is -1.32. The van der Waals surface area contributed by atoms with Crippen LogP contribution in [0.2, 0.25) is 0 Å². The molecule has 14 heavy (non-hydrogen) atoms. The zero-order valence-electron chi connectivity index (χ0n) is 8.62. The first kappa shape index (κ1) is 12.7. The molecule has 0 saturated carbocycles. The minimum atomic E-state index is -1.03. The molecule has 0 heterocycles. The summed E-state index contributed by atoms with van der Waals surface area (Å²) in [6.45, 7) is 4.36. The summed E-state index contributed by atoms with van der Waals surface area (Å²) in [5.74, 6) is -1.54. The number of hydrogen-bond acceptors (Lipinski definition) is 2. The SMILES string of the molecule is CCCCNC(=O)C(C)C=CC(=O)O. The Morgan fingerprint density at radius 1 is 1.50 bits per heavy atom. The van der Waals surface area contributed by atoms with Crippen molar-refractivity contribution in [2.75, 3.05) is 6.54 Å². The van der Waals surface area contributed by atoms with Gasteiger partial charge in [0.1, 0.15) is 0 Å². The number of carbonyl (C=O) groups excluding carboxylic acids is 1. The molecule has 0 aliphatic heterocycles. The van der Waals surface area contributed by atoms with Crippen molar-refractivity contribution >= 4 is 11.9 Å². The number of amides is 1. The third-order valence-electron chi connectivity index (χ3n) is 1.77. The molecule has 4 nitrogen and oxygen atoms in total. The van der Waals surface area contributed by atoms with Crippen LogP contribution in [0.3, 0.4) is 0 Å². The van der Waals surface area contributed by atoms with Gasteiger partial charge in [-0.25, -0.2) is 4.79 Å².